The van der Waals surface area contributed by atoms with Crippen molar-refractivity contribution in [2.45, 2.75) is 46.7 Å². The lowest BCUT2D eigenvalue weighted by Crippen LogP contribution is -2.42. The van der Waals surface area contributed by atoms with Crippen LogP contribution in [0.25, 0.3) is 0 Å². The van der Waals surface area contributed by atoms with E-state index in [9.17, 15) is 0 Å². The van der Waals surface area contributed by atoms with Gasteiger partial charge in [0, 0.05) is 25.0 Å². The number of rotatable bonds is 7. The fourth-order valence-electron chi connectivity index (χ4n) is 3.84. The smallest absolute Gasteiger partial charge is 0.300 e. The Morgan fingerprint density at radius 3 is 1.26 bits per heavy atom. The minimum Gasteiger partial charge on any atom is -0.550 e. The van der Waals surface area contributed by atoms with Crippen molar-refractivity contribution in [2.24, 2.45) is 0 Å². The van der Waals surface area contributed by atoms with Gasteiger partial charge in [0.15, 0.2) is 0 Å². The number of benzene rings is 3. The molecule has 182 valence electrons. The highest BCUT2D eigenvalue weighted by atomic mass is 31.2. The number of hydrogen-bond donors (Lipinski definition) is 2. The Hall–Kier alpha value is -3.01. The molecule has 0 bridgehead atoms. The number of carboxylic acid groups (broad SMARTS) is 2. The quantitative estimate of drug-likeness (QED) is 0.506. The standard InChI is InChI=1S/C24H29NP.2C2H4O2/c1-20(2)25-21(3)19-26(22-13-7-4-8-14-22,23-15-9-5-10-16-23)24-17-11-6-12-18-24;2*1-2(3)4/h4-18,20-21,25H,19H2,1-3H3;2*1H3,(H,3,4)/q+1;;/p-1. The predicted octanol–water partition coefficient (Wildman–Crippen LogP) is 3.21. The van der Waals surface area contributed by atoms with Crippen molar-refractivity contribution in [3.63, 3.8) is 0 Å². The topological polar surface area (TPSA) is 89.5 Å². The van der Waals surface area contributed by atoms with Crippen molar-refractivity contribution >= 4 is 35.1 Å². The number of aliphatic carboxylic acids is 2. The van der Waals surface area contributed by atoms with Gasteiger partial charge in [0.2, 0.25) is 0 Å². The van der Waals surface area contributed by atoms with Gasteiger partial charge in [-0.3, -0.25) is 4.79 Å². The van der Waals surface area contributed by atoms with E-state index in [0.717, 1.165) is 20.0 Å². The molecule has 0 radical (unpaired) electrons. The van der Waals surface area contributed by atoms with Crippen LogP contribution in [-0.4, -0.2) is 35.3 Å². The van der Waals surface area contributed by atoms with Crippen LogP contribution in [0.4, 0.5) is 0 Å². The normalized spacial score (nSPS) is 11.4. The van der Waals surface area contributed by atoms with Gasteiger partial charge in [-0.2, -0.15) is 0 Å². The van der Waals surface area contributed by atoms with E-state index in [4.69, 9.17) is 19.8 Å². The van der Waals surface area contributed by atoms with Gasteiger partial charge in [-0.25, -0.2) is 0 Å². The van der Waals surface area contributed by atoms with Gasteiger partial charge < -0.3 is 20.3 Å². The molecule has 5 nitrogen and oxygen atoms in total. The lowest BCUT2D eigenvalue weighted by molar-refractivity contribution is -0.302. The number of nitrogens with one attached hydrogen (secondary N) is 1. The average Bonchev–Trinajstić information content (AvgIpc) is 2.78. The molecule has 1 unspecified atom stereocenters. The summed E-state index contributed by atoms with van der Waals surface area (Å²) in [6.45, 7) is 8.83. The highest BCUT2D eigenvalue weighted by Crippen LogP contribution is 2.55. The van der Waals surface area contributed by atoms with Crippen molar-refractivity contribution in [3.05, 3.63) is 91.0 Å². The van der Waals surface area contributed by atoms with Crippen molar-refractivity contribution in [3.8, 4) is 0 Å². The van der Waals surface area contributed by atoms with E-state index in [1.54, 1.807) is 0 Å². The van der Waals surface area contributed by atoms with Crippen molar-refractivity contribution in [1.82, 2.24) is 5.32 Å². The molecule has 0 spiro atoms. The minimum atomic E-state index is -1.73. The summed E-state index contributed by atoms with van der Waals surface area (Å²) in [6, 6.07) is 34.2. The molecule has 34 heavy (non-hydrogen) atoms. The number of carboxylic acids is 2. The Balaban J connectivity index is 0.000000629. The van der Waals surface area contributed by atoms with E-state index in [1.807, 2.05) is 0 Å². The van der Waals surface area contributed by atoms with Crippen LogP contribution < -0.4 is 26.3 Å². The van der Waals surface area contributed by atoms with Gasteiger partial charge in [0.1, 0.15) is 23.2 Å². The van der Waals surface area contributed by atoms with Crippen LogP contribution >= 0.6 is 7.26 Å². The first-order chi connectivity index (χ1) is 16.1. The van der Waals surface area contributed by atoms with E-state index >= 15 is 0 Å². The number of hydrogen-bond acceptors (Lipinski definition) is 4. The SMILES string of the molecule is CC(=O)O.CC(=O)[O-].CC(C)NC(C)C[P+](c1ccccc1)(c1ccccc1)c1ccccc1. The Morgan fingerprint density at radius 1 is 0.765 bits per heavy atom. The number of carbonyl (C=O) groups excluding carboxylic acids is 1. The molecule has 0 saturated carbocycles. The zero-order chi connectivity index (χ0) is 25.6. The van der Waals surface area contributed by atoms with Crippen molar-refractivity contribution in [1.29, 1.82) is 0 Å². The van der Waals surface area contributed by atoms with Gasteiger partial charge in [-0.1, -0.05) is 68.4 Å². The molecule has 2 N–H and O–H groups in total. The number of carbonyl (C=O) groups is 2. The van der Waals surface area contributed by atoms with Crippen LogP contribution in [0.1, 0.15) is 34.6 Å². The molecule has 0 saturated heterocycles. The maximum Gasteiger partial charge on any atom is 0.300 e. The first kappa shape index (κ1) is 29.0. The summed E-state index contributed by atoms with van der Waals surface area (Å²) in [6.07, 6.45) is 1.11. The Labute approximate surface area is 204 Å². The maximum absolute atomic E-state index is 9.00. The molecule has 0 aliphatic carbocycles. The fourth-order valence-corrected chi connectivity index (χ4v) is 8.34. The largest absolute Gasteiger partial charge is 0.550 e. The van der Waals surface area contributed by atoms with Crippen LogP contribution in [0.2, 0.25) is 0 Å². The average molecular weight is 482 g/mol. The molecule has 3 rings (SSSR count). The summed E-state index contributed by atoms with van der Waals surface area (Å²) in [5.41, 5.74) is 0. The van der Waals surface area contributed by atoms with E-state index in [1.165, 1.54) is 15.9 Å². The zero-order valence-electron chi connectivity index (χ0n) is 20.6. The van der Waals surface area contributed by atoms with Crippen LogP contribution in [0.5, 0.6) is 0 Å². The third-order valence-corrected chi connectivity index (χ3v) is 9.39. The molecule has 3 aromatic rings. The Morgan fingerprint density at radius 2 is 1.03 bits per heavy atom. The molecule has 0 aliphatic rings. The second-order valence-corrected chi connectivity index (χ2v) is 11.8. The molecule has 0 amide bonds. The van der Waals surface area contributed by atoms with Crippen LogP contribution in [0.3, 0.4) is 0 Å². The van der Waals surface area contributed by atoms with Crippen LogP contribution in [0, 0.1) is 0 Å². The molecule has 3 aromatic carbocycles. The first-order valence-electron chi connectivity index (χ1n) is 11.3. The summed E-state index contributed by atoms with van der Waals surface area (Å²) >= 11 is 0. The van der Waals surface area contributed by atoms with Gasteiger partial charge >= 0.3 is 0 Å². The molecule has 1 atom stereocenters. The van der Waals surface area contributed by atoms with Crippen molar-refractivity contribution < 1.29 is 19.8 Å². The molecule has 0 aromatic heterocycles. The lowest BCUT2D eigenvalue weighted by atomic mass is 10.3. The van der Waals surface area contributed by atoms with Crippen LogP contribution in [-0.2, 0) is 9.59 Å². The monoisotopic (exact) mass is 481 g/mol. The van der Waals surface area contributed by atoms with E-state index in [2.05, 4.69) is 117 Å². The highest BCUT2D eigenvalue weighted by molar-refractivity contribution is 7.95. The van der Waals surface area contributed by atoms with Crippen molar-refractivity contribution in [2.75, 3.05) is 6.16 Å². The van der Waals surface area contributed by atoms with Gasteiger partial charge in [0.25, 0.3) is 5.97 Å². The summed E-state index contributed by atoms with van der Waals surface area (Å²) in [4.78, 5) is 17.9. The summed E-state index contributed by atoms with van der Waals surface area (Å²) in [5, 5.41) is 24.4. The first-order valence-corrected chi connectivity index (χ1v) is 13.2. The molecule has 0 fully saturated rings. The summed E-state index contributed by atoms with van der Waals surface area (Å²) in [7, 11) is -1.73. The molecule has 6 heteroatoms. The van der Waals surface area contributed by atoms with Gasteiger partial charge in [0.05, 0.1) is 6.16 Å². The third kappa shape index (κ3) is 9.86. The molecular formula is C28H36NO4P. The van der Waals surface area contributed by atoms with Gasteiger partial charge in [-0.15, -0.1) is 0 Å². The zero-order valence-corrected chi connectivity index (χ0v) is 21.5. The fraction of sp³-hybridized carbons (Fsp3) is 0.286. The highest BCUT2D eigenvalue weighted by Gasteiger charge is 2.46. The second kappa shape index (κ2) is 15.0. The predicted molar refractivity (Wildman–Crippen MR) is 142 cm³/mol. The van der Waals surface area contributed by atoms with Crippen LogP contribution in [0.15, 0.2) is 91.0 Å². The third-order valence-electron chi connectivity index (χ3n) is 4.76. The van der Waals surface area contributed by atoms with E-state index in [-0.39, 0.29) is 0 Å². The molecule has 0 heterocycles. The Bertz CT molecular complexity index is 862. The van der Waals surface area contributed by atoms with E-state index < -0.39 is 19.2 Å². The maximum atomic E-state index is 9.00. The second-order valence-electron chi connectivity index (χ2n) is 8.23. The molecule has 0 aliphatic heterocycles. The molecular weight excluding hydrogens is 445 g/mol. The Kier molecular flexibility index (Phi) is 12.8. The lowest BCUT2D eigenvalue weighted by Gasteiger charge is -2.31. The van der Waals surface area contributed by atoms with E-state index in [0.29, 0.717) is 12.1 Å². The summed E-state index contributed by atoms with van der Waals surface area (Å²) < 4.78 is 0. The summed E-state index contributed by atoms with van der Waals surface area (Å²) in [5.74, 6) is -1.92. The minimum absolute atomic E-state index is 0.434. The van der Waals surface area contributed by atoms with Gasteiger partial charge in [-0.05, 0) is 50.2 Å².